The van der Waals surface area contributed by atoms with Crippen molar-refractivity contribution in [3.05, 3.63) is 35.9 Å². The highest BCUT2D eigenvalue weighted by Crippen LogP contribution is 2.44. The third-order valence-electron chi connectivity index (χ3n) is 5.24. The van der Waals surface area contributed by atoms with E-state index in [9.17, 15) is 0 Å². The maximum atomic E-state index is 3.98. The first-order chi connectivity index (χ1) is 9.74. The summed E-state index contributed by atoms with van der Waals surface area (Å²) in [5.74, 6) is 2.75. The van der Waals surface area contributed by atoms with Crippen molar-refractivity contribution in [2.24, 2.45) is 17.8 Å². The van der Waals surface area contributed by atoms with Gasteiger partial charge in [-0.25, -0.2) is 0 Å². The van der Waals surface area contributed by atoms with Gasteiger partial charge in [0.1, 0.15) is 0 Å². The zero-order valence-corrected chi connectivity index (χ0v) is 13.0. The summed E-state index contributed by atoms with van der Waals surface area (Å²) in [7, 11) is 0. The summed E-state index contributed by atoms with van der Waals surface area (Å²) in [6.45, 7) is 4.68. The van der Waals surface area contributed by atoms with E-state index in [1.807, 2.05) is 0 Å². The van der Waals surface area contributed by atoms with Crippen LogP contribution in [0.15, 0.2) is 30.3 Å². The van der Waals surface area contributed by atoms with Crippen molar-refractivity contribution in [2.45, 2.75) is 64.5 Å². The average molecular weight is 271 g/mol. The fourth-order valence-corrected chi connectivity index (χ4v) is 3.96. The van der Waals surface area contributed by atoms with Crippen LogP contribution in [-0.4, -0.2) is 6.04 Å². The highest BCUT2D eigenvalue weighted by molar-refractivity contribution is 5.19. The van der Waals surface area contributed by atoms with Crippen molar-refractivity contribution in [2.75, 3.05) is 0 Å². The lowest BCUT2D eigenvalue weighted by atomic mass is 9.81. The molecular formula is C19H29N. The molecule has 2 saturated carbocycles. The summed E-state index contributed by atoms with van der Waals surface area (Å²) in [6, 6.07) is 12.3. The molecular weight excluding hydrogens is 242 g/mol. The topological polar surface area (TPSA) is 12.0 Å². The molecule has 0 saturated heterocycles. The molecule has 3 rings (SSSR count). The Balaban J connectivity index is 1.64. The Morgan fingerprint density at radius 2 is 1.70 bits per heavy atom. The molecule has 0 bridgehead atoms. The standard InChI is InChI=1S/C19H29N/c1-14(2)19(16-7-4-3-5-8-16)20-18-10-6-9-17(13-18)15-11-12-15/h3-5,7-8,14-15,17-20H,6,9-13H2,1-2H3. The smallest absolute Gasteiger partial charge is 0.0345 e. The Labute approximate surface area is 124 Å². The molecule has 0 heterocycles. The maximum Gasteiger partial charge on any atom is 0.0345 e. The van der Waals surface area contributed by atoms with Gasteiger partial charge in [0.05, 0.1) is 0 Å². The Morgan fingerprint density at radius 3 is 2.35 bits per heavy atom. The van der Waals surface area contributed by atoms with Gasteiger partial charge in [-0.1, -0.05) is 57.0 Å². The highest BCUT2D eigenvalue weighted by atomic mass is 15.0. The second-order valence-electron chi connectivity index (χ2n) is 7.26. The number of hydrogen-bond acceptors (Lipinski definition) is 1. The average Bonchev–Trinajstić information content (AvgIpc) is 3.30. The molecule has 0 aliphatic heterocycles. The van der Waals surface area contributed by atoms with Gasteiger partial charge < -0.3 is 5.32 Å². The number of nitrogens with one attached hydrogen (secondary N) is 1. The van der Waals surface area contributed by atoms with Crippen molar-refractivity contribution < 1.29 is 0 Å². The second kappa shape index (κ2) is 6.30. The SMILES string of the molecule is CC(C)C(NC1CCCC(C2CC2)C1)c1ccccc1. The van der Waals surface area contributed by atoms with Crippen molar-refractivity contribution in [1.82, 2.24) is 5.32 Å². The third-order valence-corrected chi connectivity index (χ3v) is 5.24. The second-order valence-corrected chi connectivity index (χ2v) is 7.26. The Bertz CT molecular complexity index is 407. The van der Waals surface area contributed by atoms with Crippen LogP contribution < -0.4 is 5.32 Å². The Morgan fingerprint density at radius 1 is 0.950 bits per heavy atom. The predicted molar refractivity (Wildman–Crippen MR) is 85.6 cm³/mol. The molecule has 0 aromatic heterocycles. The van der Waals surface area contributed by atoms with Crippen LogP contribution in [0.2, 0.25) is 0 Å². The molecule has 1 aromatic carbocycles. The summed E-state index contributed by atoms with van der Waals surface area (Å²) in [5.41, 5.74) is 1.45. The molecule has 3 atom stereocenters. The van der Waals surface area contributed by atoms with Crippen molar-refractivity contribution in [1.29, 1.82) is 0 Å². The van der Waals surface area contributed by atoms with Crippen LogP contribution in [0.4, 0.5) is 0 Å². The van der Waals surface area contributed by atoms with E-state index in [2.05, 4.69) is 49.5 Å². The van der Waals surface area contributed by atoms with E-state index in [0.717, 1.165) is 17.9 Å². The number of hydrogen-bond donors (Lipinski definition) is 1. The first-order valence-corrected chi connectivity index (χ1v) is 8.55. The zero-order chi connectivity index (χ0) is 13.9. The van der Waals surface area contributed by atoms with Gasteiger partial charge in [0, 0.05) is 12.1 Å². The van der Waals surface area contributed by atoms with E-state index >= 15 is 0 Å². The molecule has 3 unspecified atom stereocenters. The zero-order valence-electron chi connectivity index (χ0n) is 13.0. The minimum absolute atomic E-state index is 0.513. The summed E-state index contributed by atoms with van der Waals surface area (Å²) < 4.78 is 0. The highest BCUT2D eigenvalue weighted by Gasteiger charge is 2.35. The molecule has 1 nitrogen and oxygen atoms in total. The maximum absolute atomic E-state index is 3.98. The molecule has 1 heteroatoms. The van der Waals surface area contributed by atoms with Gasteiger partial charge in [-0.05, 0) is 49.0 Å². The quantitative estimate of drug-likeness (QED) is 0.799. The van der Waals surface area contributed by atoms with Gasteiger partial charge in [0.25, 0.3) is 0 Å². The van der Waals surface area contributed by atoms with Crippen LogP contribution in [0.25, 0.3) is 0 Å². The van der Waals surface area contributed by atoms with Crippen LogP contribution in [0.1, 0.15) is 64.0 Å². The van der Waals surface area contributed by atoms with Crippen LogP contribution in [-0.2, 0) is 0 Å². The lowest BCUT2D eigenvalue weighted by Crippen LogP contribution is -2.39. The normalized spacial score (nSPS) is 28.6. The van der Waals surface area contributed by atoms with Crippen LogP contribution in [0, 0.1) is 17.8 Å². The van der Waals surface area contributed by atoms with Crippen molar-refractivity contribution in [3.63, 3.8) is 0 Å². The Hall–Kier alpha value is -0.820. The van der Waals surface area contributed by atoms with Gasteiger partial charge in [-0.2, -0.15) is 0 Å². The number of benzene rings is 1. The third kappa shape index (κ3) is 3.44. The first kappa shape index (κ1) is 14.1. The van der Waals surface area contributed by atoms with E-state index in [1.165, 1.54) is 44.1 Å². The lowest BCUT2D eigenvalue weighted by molar-refractivity contribution is 0.231. The predicted octanol–water partition coefficient (Wildman–Crippen LogP) is 4.94. The Kier molecular flexibility index (Phi) is 4.45. The fraction of sp³-hybridized carbons (Fsp3) is 0.684. The van der Waals surface area contributed by atoms with Gasteiger partial charge in [-0.3, -0.25) is 0 Å². The van der Waals surface area contributed by atoms with Crippen LogP contribution >= 0.6 is 0 Å². The minimum Gasteiger partial charge on any atom is -0.307 e. The molecule has 20 heavy (non-hydrogen) atoms. The molecule has 110 valence electrons. The lowest BCUT2D eigenvalue weighted by Gasteiger charge is -2.34. The molecule has 2 aliphatic carbocycles. The van der Waals surface area contributed by atoms with Crippen molar-refractivity contribution in [3.8, 4) is 0 Å². The van der Waals surface area contributed by atoms with E-state index in [1.54, 1.807) is 0 Å². The van der Waals surface area contributed by atoms with E-state index < -0.39 is 0 Å². The van der Waals surface area contributed by atoms with Gasteiger partial charge in [0.15, 0.2) is 0 Å². The van der Waals surface area contributed by atoms with Gasteiger partial charge in [-0.15, -0.1) is 0 Å². The van der Waals surface area contributed by atoms with Gasteiger partial charge >= 0.3 is 0 Å². The molecule has 1 N–H and O–H groups in total. The molecule has 0 spiro atoms. The van der Waals surface area contributed by atoms with E-state index in [0.29, 0.717) is 12.0 Å². The number of rotatable bonds is 5. The first-order valence-electron chi connectivity index (χ1n) is 8.55. The fourth-order valence-electron chi connectivity index (χ4n) is 3.96. The van der Waals surface area contributed by atoms with E-state index in [-0.39, 0.29) is 0 Å². The molecule has 1 aromatic rings. The van der Waals surface area contributed by atoms with Crippen LogP contribution in [0.3, 0.4) is 0 Å². The molecule has 2 aliphatic rings. The molecule has 0 amide bonds. The summed E-state index contributed by atoms with van der Waals surface area (Å²) in [4.78, 5) is 0. The minimum atomic E-state index is 0.513. The summed E-state index contributed by atoms with van der Waals surface area (Å²) in [5, 5.41) is 3.98. The molecule has 0 radical (unpaired) electrons. The van der Waals surface area contributed by atoms with Gasteiger partial charge in [0.2, 0.25) is 0 Å². The largest absolute Gasteiger partial charge is 0.307 e. The van der Waals surface area contributed by atoms with E-state index in [4.69, 9.17) is 0 Å². The monoisotopic (exact) mass is 271 g/mol. The molecule has 2 fully saturated rings. The van der Waals surface area contributed by atoms with Crippen molar-refractivity contribution >= 4 is 0 Å². The summed E-state index contributed by atoms with van der Waals surface area (Å²) in [6.07, 6.45) is 8.71. The summed E-state index contributed by atoms with van der Waals surface area (Å²) >= 11 is 0. The van der Waals surface area contributed by atoms with Crippen LogP contribution in [0.5, 0.6) is 0 Å².